The lowest BCUT2D eigenvalue weighted by atomic mass is 10.2. The van der Waals surface area contributed by atoms with E-state index in [1.54, 1.807) is 18.0 Å². The average Bonchev–Trinajstić information content (AvgIpc) is 2.92. The Bertz CT molecular complexity index is 405. The largest absolute Gasteiger partial charge is 0.376 e. The minimum Gasteiger partial charge on any atom is -0.376 e. The third kappa shape index (κ3) is 4.72. The molecule has 2 heterocycles. The fraction of sp³-hybridized carbons (Fsp3) is 0.538. The summed E-state index contributed by atoms with van der Waals surface area (Å²) in [6.07, 6.45) is 3.93. The first-order chi connectivity index (χ1) is 9.28. The Kier molecular flexibility index (Phi) is 5.47. The second kappa shape index (κ2) is 7.35. The molecule has 0 bridgehead atoms. The molecule has 0 radical (unpaired) electrons. The molecule has 1 atom stereocenters. The van der Waals surface area contributed by atoms with E-state index in [0.29, 0.717) is 12.2 Å². The Morgan fingerprint density at radius 3 is 3.11 bits per heavy atom. The summed E-state index contributed by atoms with van der Waals surface area (Å²) in [5.41, 5.74) is 0.699. The summed E-state index contributed by atoms with van der Waals surface area (Å²) < 4.78 is 5.44. The van der Waals surface area contributed by atoms with Gasteiger partial charge in [0.15, 0.2) is 0 Å². The van der Waals surface area contributed by atoms with Gasteiger partial charge in [-0.3, -0.25) is 0 Å². The molecule has 0 saturated carbocycles. The topological polar surface area (TPSA) is 63.2 Å². The highest BCUT2D eigenvalue weighted by Crippen LogP contribution is 2.16. The molecule has 19 heavy (non-hydrogen) atoms. The van der Waals surface area contributed by atoms with E-state index in [1.165, 1.54) is 0 Å². The van der Waals surface area contributed by atoms with Gasteiger partial charge in [-0.1, -0.05) is 6.92 Å². The van der Waals surface area contributed by atoms with Gasteiger partial charge in [0, 0.05) is 13.2 Å². The Hall–Kier alpha value is -1.27. The predicted octanol–water partition coefficient (Wildman–Crippen LogP) is 2.49. The van der Waals surface area contributed by atoms with Crippen LogP contribution in [-0.4, -0.2) is 36.0 Å². The van der Waals surface area contributed by atoms with E-state index in [-0.39, 0.29) is 12.1 Å². The first-order valence-electron chi connectivity index (χ1n) is 6.53. The molecule has 5 nitrogen and oxygen atoms in total. The Balaban J connectivity index is 1.74. The summed E-state index contributed by atoms with van der Waals surface area (Å²) in [4.78, 5) is 15.9. The molecule has 1 saturated heterocycles. The summed E-state index contributed by atoms with van der Waals surface area (Å²) in [6, 6.07) is 3.55. The van der Waals surface area contributed by atoms with Crippen molar-refractivity contribution in [1.82, 2.24) is 10.3 Å². The van der Waals surface area contributed by atoms with Crippen LogP contribution in [0.2, 0.25) is 0 Å². The molecule has 2 rings (SSSR count). The zero-order valence-corrected chi connectivity index (χ0v) is 11.8. The molecule has 1 aromatic heterocycles. The third-order valence-electron chi connectivity index (χ3n) is 2.80. The highest BCUT2D eigenvalue weighted by molar-refractivity contribution is 7.99. The fourth-order valence-electron chi connectivity index (χ4n) is 1.87. The molecule has 0 aliphatic carbocycles. The molecule has 6 heteroatoms. The van der Waals surface area contributed by atoms with Crippen molar-refractivity contribution in [3.63, 3.8) is 0 Å². The van der Waals surface area contributed by atoms with Crippen LogP contribution in [0.3, 0.4) is 0 Å². The number of rotatable bonds is 5. The Labute approximate surface area is 117 Å². The summed E-state index contributed by atoms with van der Waals surface area (Å²) in [5.74, 6) is 0.988. The molecule has 1 aromatic rings. The van der Waals surface area contributed by atoms with Crippen LogP contribution in [0, 0.1) is 0 Å². The van der Waals surface area contributed by atoms with Crippen molar-refractivity contribution in [2.45, 2.75) is 30.9 Å². The molecule has 104 valence electrons. The second-order valence-electron chi connectivity index (χ2n) is 4.29. The fourth-order valence-corrected chi connectivity index (χ4v) is 2.46. The van der Waals surface area contributed by atoms with E-state index in [2.05, 4.69) is 22.5 Å². The monoisotopic (exact) mass is 281 g/mol. The van der Waals surface area contributed by atoms with Crippen molar-refractivity contribution < 1.29 is 9.53 Å². The summed E-state index contributed by atoms with van der Waals surface area (Å²) in [6.45, 7) is 3.44. The Morgan fingerprint density at radius 1 is 1.58 bits per heavy atom. The van der Waals surface area contributed by atoms with Crippen molar-refractivity contribution in [2.24, 2.45) is 0 Å². The number of anilines is 1. The lowest BCUT2D eigenvalue weighted by molar-refractivity contribution is 0.112. The van der Waals surface area contributed by atoms with Crippen molar-refractivity contribution in [3.8, 4) is 0 Å². The third-order valence-corrected chi connectivity index (χ3v) is 3.63. The molecule has 0 unspecified atom stereocenters. The van der Waals surface area contributed by atoms with E-state index in [1.807, 2.05) is 12.1 Å². The molecular weight excluding hydrogens is 262 g/mol. The smallest absolute Gasteiger partial charge is 0.319 e. The molecule has 1 aliphatic rings. The number of pyridine rings is 1. The van der Waals surface area contributed by atoms with Gasteiger partial charge in [-0.15, -0.1) is 11.8 Å². The summed E-state index contributed by atoms with van der Waals surface area (Å²) in [7, 11) is 0. The molecular formula is C13H19N3O2S. The van der Waals surface area contributed by atoms with Crippen LogP contribution in [0.4, 0.5) is 10.5 Å². The molecule has 2 amide bonds. The number of ether oxygens (including phenoxy) is 1. The van der Waals surface area contributed by atoms with Gasteiger partial charge in [-0.05, 0) is 30.7 Å². The van der Waals surface area contributed by atoms with Crippen molar-refractivity contribution >= 4 is 23.5 Å². The van der Waals surface area contributed by atoms with E-state index >= 15 is 0 Å². The molecule has 0 spiro atoms. The quantitative estimate of drug-likeness (QED) is 0.814. The van der Waals surface area contributed by atoms with Gasteiger partial charge in [0.25, 0.3) is 0 Å². The maximum absolute atomic E-state index is 11.7. The van der Waals surface area contributed by atoms with Gasteiger partial charge in [-0.25, -0.2) is 9.78 Å². The number of carbonyl (C=O) groups is 1. The normalized spacial score (nSPS) is 18.3. The number of amides is 2. The van der Waals surface area contributed by atoms with Gasteiger partial charge in [0.1, 0.15) is 0 Å². The number of thioether (sulfide) groups is 1. The van der Waals surface area contributed by atoms with Gasteiger partial charge >= 0.3 is 6.03 Å². The van der Waals surface area contributed by atoms with E-state index in [9.17, 15) is 4.79 Å². The van der Waals surface area contributed by atoms with E-state index in [4.69, 9.17) is 4.74 Å². The van der Waals surface area contributed by atoms with Crippen LogP contribution >= 0.6 is 11.8 Å². The van der Waals surface area contributed by atoms with E-state index < -0.39 is 0 Å². The first-order valence-corrected chi connectivity index (χ1v) is 7.52. The molecule has 0 aromatic carbocycles. The number of urea groups is 1. The lowest BCUT2D eigenvalue weighted by Crippen LogP contribution is -2.35. The summed E-state index contributed by atoms with van der Waals surface area (Å²) >= 11 is 1.67. The van der Waals surface area contributed by atoms with Crippen molar-refractivity contribution in [2.75, 3.05) is 24.2 Å². The van der Waals surface area contributed by atoms with E-state index in [0.717, 1.165) is 30.2 Å². The summed E-state index contributed by atoms with van der Waals surface area (Å²) in [5, 5.41) is 6.53. The molecule has 1 aliphatic heterocycles. The number of hydrogen-bond donors (Lipinski definition) is 2. The zero-order chi connectivity index (χ0) is 13.5. The highest BCUT2D eigenvalue weighted by Gasteiger charge is 2.15. The van der Waals surface area contributed by atoms with Gasteiger partial charge in [-0.2, -0.15) is 0 Å². The van der Waals surface area contributed by atoms with Crippen LogP contribution in [0.15, 0.2) is 23.4 Å². The minimum absolute atomic E-state index is 0.159. The van der Waals surface area contributed by atoms with Crippen LogP contribution in [0.25, 0.3) is 0 Å². The Morgan fingerprint density at radius 2 is 2.47 bits per heavy atom. The van der Waals surface area contributed by atoms with Crippen LogP contribution in [-0.2, 0) is 4.74 Å². The minimum atomic E-state index is -0.215. The molecule has 1 fully saturated rings. The van der Waals surface area contributed by atoms with Crippen LogP contribution in [0.1, 0.15) is 19.8 Å². The maximum atomic E-state index is 11.7. The molecule has 2 N–H and O–H groups in total. The number of hydrogen-bond acceptors (Lipinski definition) is 4. The lowest BCUT2D eigenvalue weighted by Gasteiger charge is -2.11. The van der Waals surface area contributed by atoms with Crippen molar-refractivity contribution in [1.29, 1.82) is 0 Å². The number of carbonyl (C=O) groups excluding carboxylic acids is 1. The predicted molar refractivity (Wildman–Crippen MR) is 76.6 cm³/mol. The first kappa shape index (κ1) is 14.1. The number of nitrogens with zero attached hydrogens (tertiary/aromatic N) is 1. The van der Waals surface area contributed by atoms with Gasteiger partial charge in [0.2, 0.25) is 0 Å². The standard InChI is InChI=1S/C13H19N3O2S/c1-2-19-12-6-5-10(8-14-12)16-13(17)15-9-11-4-3-7-18-11/h5-6,8,11H,2-4,7,9H2,1H3,(H2,15,16,17)/t11-/m0/s1. The number of aromatic nitrogens is 1. The SMILES string of the molecule is CCSc1ccc(NC(=O)NC[C@@H]2CCCO2)cn1. The average molecular weight is 281 g/mol. The highest BCUT2D eigenvalue weighted by atomic mass is 32.2. The van der Waals surface area contributed by atoms with Crippen LogP contribution < -0.4 is 10.6 Å². The van der Waals surface area contributed by atoms with Gasteiger partial charge < -0.3 is 15.4 Å². The second-order valence-corrected chi connectivity index (χ2v) is 5.57. The van der Waals surface area contributed by atoms with Crippen molar-refractivity contribution in [3.05, 3.63) is 18.3 Å². The van der Waals surface area contributed by atoms with Gasteiger partial charge in [0.05, 0.1) is 23.0 Å². The van der Waals surface area contributed by atoms with Crippen LogP contribution in [0.5, 0.6) is 0 Å². The number of nitrogens with one attached hydrogen (secondary N) is 2. The maximum Gasteiger partial charge on any atom is 0.319 e. The zero-order valence-electron chi connectivity index (χ0n) is 11.0.